The van der Waals surface area contributed by atoms with Crippen LogP contribution in [0.3, 0.4) is 0 Å². The van der Waals surface area contributed by atoms with Crippen molar-refractivity contribution in [2.75, 3.05) is 41.7 Å². The molecule has 25 heavy (non-hydrogen) atoms. The molecule has 0 atom stereocenters. The molecular weight excluding hydrogens is 312 g/mol. The lowest BCUT2D eigenvalue weighted by atomic mass is 10.2. The standard InChI is InChI=1S/C19H18N6/c20-13-15-6-8-18(23-19(15)21)25-11-9-24(10-12-25)17-7-5-14-3-1-2-4-16(14)22-17/h1-8H,9-12H2,(H2,21,23). The molecule has 1 aliphatic rings. The first-order valence-electron chi connectivity index (χ1n) is 8.27. The highest BCUT2D eigenvalue weighted by Gasteiger charge is 2.19. The zero-order valence-electron chi connectivity index (χ0n) is 13.8. The first-order chi connectivity index (χ1) is 12.2. The van der Waals surface area contributed by atoms with Gasteiger partial charge in [-0.2, -0.15) is 5.26 Å². The molecule has 0 unspecified atom stereocenters. The minimum absolute atomic E-state index is 0.290. The molecule has 3 heterocycles. The molecule has 2 aromatic heterocycles. The van der Waals surface area contributed by atoms with E-state index in [0.717, 1.165) is 48.7 Å². The van der Waals surface area contributed by atoms with Crippen LogP contribution in [0.5, 0.6) is 0 Å². The second kappa shape index (κ2) is 6.29. The van der Waals surface area contributed by atoms with Crippen LogP contribution >= 0.6 is 0 Å². The number of nitrogens with zero attached hydrogens (tertiary/aromatic N) is 5. The van der Waals surface area contributed by atoms with Crippen LogP contribution in [0.4, 0.5) is 17.5 Å². The maximum Gasteiger partial charge on any atom is 0.143 e. The number of nitrogens with two attached hydrogens (primary N) is 1. The Labute approximate surface area is 146 Å². The Kier molecular flexibility index (Phi) is 3.82. The fourth-order valence-corrected chi connectivity index (χ4v) is 3.13. The van der Waals surface area contributed by atoms with Gasteiger partial charge in [0, 0.05) is 31.6 Å². The zero-order valence-corrected chi connectivity index (χ0v) is 13.8. The maximum absolute atomic E-state index is 8.96. The SMILES string of the molecule is N#Cc1ccc(N2CCN(c3ccc4ccccc4n3)CC2)nc1N. The fourth-order valence-electron chi connectivity index (χ4n) is 3.13. The highest BCUT2D eigenvalue weighted by molar-refractivity contribution is 5.80. The van der Waals surface area contributed by atoms with Gasteiger partial charge in [0.15, 0.2) is 0 Å². The summed E-state index contributed by atoms with van der Waals surface area (Å²) >= 11 is 0. The number of pyridine rings is 2. The fraction of sp³-hybridized carbons (Fsp3) is 0.211. The average molecular weight is 330 g/mol. The van der Waals surface area contributed by atoms with E-state index in [1.807, 2.05) is 30.3 Å². The van der Waals surface area contributed by atoms with Crippen molar-refractivity contribution in [2.24, 2.45) is 0 Å². The molecule has 0 bridgehead atoms. The Morgan fingerprint density at radius 1 is 0.840 bits per heavy atom. The molecule has 0 saturated carbocycles. The Bertz CT molecular complexity index is 954. The van der Waals surface area contributed by atoms with Gasteiger partial charge in [0.1, 0.15) is 23.5 Å². The van der Waals surface area contributed by atoms with Gasteiger partial charge in [-0.15, -0.1) is 0 Å². The van der Waals surface area contributed by atoms with Gasteiger partial charge in [-0.25, -0.2) is 9.97 Å². The monoisotopic (exact) mass is 330 g/mol. The van der Waals surface area contributed by atoms with Crippen LogP contribution < -0.4 is 15.5 Å². The van der Waals surface area contributed by atoms with E-state index >= 15 is 0 Å². The molecule has 6 nitrogen and oxygen atoms in total. The molecule has 1 fully saturated rings. The number of nitrogen functional groups attached to an aromatic ring is 1. The van der Waals surface area contributed by atoms with E-state index in [0.29, 0.717) is 11.4 Å². The number of hydrogen-bond donors (Lipinski definition) is 1. The van der Waals surface area contributed by atoms with Crippen molar-refractivity contribution in [1.82, 2.24) is 9.97 Å². The molecule has 1 aliphatic heterocycles. The largest absolute Gasteiger partial charge is 0.383 e. The van der Waals surface area contributed by atoms with Crippen LogP contribution in [0.1, 0.15) is 5.56 Å². The second-order valence-electron chi connectivity index (χ2n) is 6.05. The van der Waals surface area contributed by atoms with Gasteiger partial charge in [-0.3, -0.25) is 0 Å². The highest BCUT2D eigenvalue weighted by atomic mass is 15.3. The number of rotatable bonds is 2. The van der Waals surface area contributed by atoms with Crippen molar-refractivity contribution in [2.45, 2.75) is 0 Å². The number of aromatic nitrogens is 2. The Morgan fingerprint density at radius 2 is 1.48 bits per heavy atom. The molecule has 0 spiro atoms. The van der Waals surface area contributed by atoms with Gasteiger partial charge in [0.2, 0.25) is 0 Å². The van der Waals surface area contributed by atoms with Gasteiger partial charge in [0.25, 0.3) is 0 Å². The third kappa shape index (κ3) is 2.92. The summed E-state index contributed by atoms with van der Waals surface area (Å²) in [5, 5.41) is 10.1. The van der Waals surface area contributed by atoms with Crippen molar-refractivity contribution in [3.05, 3.63) is 54.1 Å². The van der Waals surface area contributed by atoms with Gasteiger partial charge in [0.05, 0.1) is 11.1 Å². The molecule has 1 saturated heterocycles. The number of nitriles is 1. The number of hydrogen-bond acceptors (Lipinski definition) is 6. The molecular formula is C19H18N6. The summed E-state index contributed by atoms with van der Waals surface area (Å²) in [6, 6.07) is 18.0. The van der Waals surface area contributed by atoms with Crippen LogP contribution in [-0.4, -0.2) is 36.1 Å². The third-order valence-electron chi connectivity index (χ3n) is 4.54. The minimum Gasteiger partial charge on any atom is -0.383 e. The molecule has 0 amide bonds. The molecule has 0 aliphatic carbocycles. The van der Waals surface area contributed by atoms with Gasteiger partial charge < -0.3 is 15.5 Å². The van der Waals surface area contributed by atoms with Gasteiger partial charge in [-0.05, 0) is 30.3 Å². The maximum atomic E-state index is 8.96. The normalized spacial score (nSPS) is 14.5. The zero-order chi connectivity index (χ0) is 17.2. The molecule has 6 heteroatoms. The quantitative estimate of drug-likeness (QED) is 0.777. The summed E-state index contributed by atoms with van der Waals surface area (Å²) in [4.78, 5) is 13.6. The summed E-state index contributed by atoms with van der Waals surface area (Å²) in [5.41, 5.74) is 7.27. The van der Waals surface area contributed by atoms with E-state index in [4.69, 9.17) is 16.0 Å². The van der Waals surface area contributed by atoms with E-state index in [-0.39, 0.29) is 0 Å². The first-order valence-corrected chi connectivity index (χ1v) is 8.27. The van der Waals surface area contributed by atoms with Crippen molar-refractivity contribution in [3.8, 4) is 6.07 Å². The van der Waals surface area contributed by atoms with Crippen LogP contribution in [0.2, 0.25) is 0 Å². The van der Waals surface area contributed by atoms with E-state index < -0.39 is 0 Å². The lowest BCUT2D eigenvalue weighted by Crippen LogP contribution is -2.47. The molecule has 1 aromatic carbocycles. The topological polar surface area (TPSA) is 82.1 Å². The van der Waals surface area contributed by atoms with Crippen molar-refractivity contribution in [3.63, 3.8) is 0 Å². The van der Waals surface area contributed by atoms with E-state index in [1.54, 1.807) is 6.07 Å². The smallest absolute Gasteiger partial charge is 0.143 e. The number of piperazine rings is 1. The number of para-hydroxylation sites is 1. The van der Waals surface area contributed by atoms with Gasteiger partial charge in [-0.1, -0.05) is 18.2 Å². The lowest BCUT2D eigenvalue weighted by Gasteiger charge is -2.36. The van der Waals surface area contributed by atoms with Crippen molar-refractivity contribution >= 4 is 28.4 Å². The molecule has 124 valence electrons. The van der Waals surface area contributed by atoms with Crippen molar-refractivity contribution < 1.29 is 0 Å². The average Bonchev–Trinajstić information content (AvgIpc) is 2.67. The third-order valence-corrected chi connectivity index (χ3v) is 4.54. The molecule has 4 rings (SSSR count). The Hall–Kier alpha value is -3.33. The van der Waals surface area contributed by atoms with Crippen LogP contribution in [-0.2, 0) is 0 Å². The van der Waals surface area contributed by atoms with Crippen LogP contribution in [0, 0.1) is 11.3 Å². The predicted octanol–water partition coefficient (Wildman–Crippen LogP) is 2.41. The highest BCUT2D eigenvalue weighted by Crippen LogP contribution is 2.22. The summed E-state index contributed by atoms with van der Waals surface area (Å²) in [5.74, 6) is 2.12. The number of fused-ring (bicyclic) bond motifs is 1. The minimum atomic E-state index is 0.290. The van der Waals surface area contributed by atoms with Crippen LogP contribution in [0.15, 0.2) is 48.5 Å². The molecule has 2 N–H and O–H groups in total. The van der Waals surface area contributed by atoms with E-state index in [1.165, 1.54) is 0 Å². The predicted molar refractivity (Wildman–Crippen MR) is 99.5 cm³/mol. The second-order valence-corrected chi connectivity index (χ2v) is 6.05. The summed E-state index contributed by atoms with van der Waals surface area (Å²) < 4.78 is 0. The Balaban J connectivity index is 1.49. The van der Waals surface area contributed by atoms with Crippen LogP contribution in [0.25, 0.3) is 10.9 Å². The number of benzene rings is 1. The summed E-state index contributed by atoms with van der Waals surface area (Å²) in [6.07, 6.45) is 0. The Morgan fingerprint density at radius 3 is 2.16 bits per heavy atom. The summed E-state index contributed by atoms with van der Waals surface area (Å²) in [6.45, 7) is 3.42. The summed E-state index contributed by atoms with van der Waals surface area (Å²) in [7, 11) is 0. The van der Waals surface area contributed by atoms with Crippen molar-refractivity contribution in [1.29, 1.82) is 5.26 Å². The molecule has 0 radical (unpaired) electrons. The van der Waals surface area contributed by atoms with E-state index in [9.17, 15) is 0 Å². The lowest BCUT2D eigenvalue weighted by molar-refractivity contribution is 0.643. The number of anilines is 3. The van der Waals surface area contributed by atoms with Gasteiger partial charge >= 0.3 is 0 Å². The first kappa shape index (κ1) is 15.2. The van der Waals surface area contributed by atoms with E-state index in [2.05, 4.69) is 33.0 Å². The molecule has 3 aromatic rings.